The molecule has 35 heavy (non-hydrogen) atoms. The van der Waals surface area contributed by atoms with Crippen molar-refractivity contribution < 1.29 is 23.5 Å². The van der Waals surface area contributed by atoms with Gasteiger partial charge in [0.1, 0.15) is 17.6 Å². The van der Waals surface area contributed by atoms with Gasteiger partial charge in [-0.1, -0.05) is 12.1 Å². The Morgan fingerprint density at radius 1 is 1.03 bits per heavy atom. The molecule has 0 spiro atoms. The van der Waals surface area contributed by atoms with E-state index in [9.17, 15) is 18.8 Å². The number of aryl methyl sites for hydroxylation is 1. The van der Waals surface area contributed by atoms with Gasteiger partial charge in [-0.05, 0) is 67.4 Å². The summed E-state index contributed by atoms with van der Waals surface area (Å²) in [6.07, 6.45) is 0.197. The predicted octanol–water partition coefficient (Wildman–Crippen LogP) is 3.34. The number of halogens is 1. The van der Waals surface area contributed by atoms with Crippen molar-refractivity contribution in [2.75, 3.05) is 23.9 Å². The number of nitrogens with one attached hydrogen (secondary N) is 1. The van der Waals surface area contributed by atoms with E-state index in [2.05, 4.69) is 15.5 Å². The van der Waals surface area contributed by atoms with Crippen LogP contribution in [0.5, 0.6) is 5.75 Å². The minimum Gasteiger partial charge on any atom is -0.497 e. The fourth-order valence-corrected chi connectivity index (χ4v) is 3.79. The number of urea groups is 1. The zero-order valence-electron chi connectivity index (χ0n) is 19.3. The van der Waals surface area contributed by atoms with Crippen molar-refractivity contribution in [2.45, 2.75) is 25.8 Å². The number of benzene rings is 2. The fraction of sp³-hybridized carbons (Fsp3) is 0.240. The Balaban J connectivity index is 1.54. The van der Waals surface area contributed by atoms with Gasteiger partial charge < -0.3 is 15.0 Å². The van der Waals surface area contributed by atoms with Crippen molar-refractivity contribution in [2.24, 2.45) is 0 Å². The van der Waals surface area contributed by atoms with E-state index in [4.69, 9.17) is 4.74 Å². The van der Waals surface area contributed by atoms with Crippen molar-refractivity contribution in [3.8, 4) is 5.75 Å². The lowest BCUT2D eigenvalue weighted by Gasteiger charge is -2.21. The molecule has 3 aromatic rings. The lowest BCUT2D eigenvalue weighted by molar-refractivity contribution is -0.124. The molecule has 1 unspecified atom stereocenters. The number of anilines is 2. The van der Waals surface area contributed by atoms with Crippen molar-refractivity contribution in [3.63, 3.8) is 0 Å². The lowest BCUT2D eigenvalue weighted by Crippen LogP contribution is -2.39. The highest BCUT2D eigenvalue weighted by molar-refractivity contribution is 6.22. The van der Waals surface area contributed by atoms with Crippen molar-refractivity contribution in [1.82, 2.24) is 15.1 Å². The maximum absolute atomic E-state index is 13.4. The molecule has 0 aliphatic carbocycles. The van der Waals surface area contributed by atoms with Gasteiger partial charge in [-0.3, -0.25) is 9.59 Å². The second-order valence-electron chi connectivity index (χ2n) is 8.05. The van der Waals surface area contributed by atoms with E-state index in [1.807, 2.05) is 24.3 Å². The second-order valence-corrected chi connectivity index (χ2v) is 8.05. The molecule has 2 heterocycles. The second kappa shape index (κ2) is 10.3. The number of aromatic nitrogens is 2. The van der Waals surface area contributed by atoms with E-state index >= 15 is 0 Å². The standard InChI is InChI=1S/C25H24FN5O4/c1-16-3-12-22(29-28-16)27-23(32)15-21-24(33)31(19-8-6-18(26)7-9-19)25(34)30(21)14-13-17-4-10-20(35-2)11-5-17/h3-12,21H,13-15H2,1-2H3,(H,27,29,32). The third kappa shape index (κ3) is 5.43. The molecule has 1 aliphatic rings. The van der Waals surface area contributed by atoms with Crippen molar-refractivity contribution >= 4 is 29.4 Å². The largest absolute Gasteiger partial charge is 0.497 e. The summed E-state index contributed by atoms with van der Waals surface area (Å²) in [4.78, 5) is 41.6. The minimum absolute atomic E-state index is 0.205. The first kappa shape index (κ1) is 23.8. The number of imide groups is 1. The van der Waals surface area contributed by atoms with Gasteiger partial charge in [0.15, 0.2) is 5.82 Å². The van der Waals surface area contributed by atoms with E-state index in [1.165, 1.54) is 29.2 Å². The molecule has 2 aromatic carbocycles. The van der Waals surface area contributed by atoms with Crippen LogP contribution in [0.15, 0.2) is 60.7 Å². The summed E-state index contributed by atoms with van der Waals surface area (Å²) in [7, 11) is 1.57. The smallest absolute Gasteiger partial charge is 0.332 e. The Labute approximate surface area is 201 Å². The van der Waals surface area contributed by atoms with Gasteiger partial charge in [0.25, 0.3) is 5.91 Å². The number of hydrogen-bond acceptors (Lipinski definition) is 6. The van der Waals surface area contributed by atoms with Crippen LogP contribution >= 0.6 is 0 Å². The predicted molar refractivity (Wildman–Crippen MR) is 126 cm³/mol. The number of rotatable bonds is 8. The van der Waals surface area contributed by atoms with Crippen LogP contribution in [0.4, 0.5) is 20.7 Å². The highest BCUT2D eigenvalue weighted by Crippen LogP contribution is 2.28. The topological polar surface area (TPSA) is 105 Å². The molecule has 180 valence electrons. The zero-order chi connectivity index (χ0) is 24.9. The average Bonchev–Trinajstić information content (AvgIpc) is 3.08. The molecule has 10 heteroatoms. The molecule has 1 N–H and O–H groups in total. The lowest BCUT2D eigenvalue weighted by atomic mass is 10.1. The Morgan fingerprint density at radius 3 is 2.37 bits per heavy atom. The quantitative estimate of drug-likeness (QED) is 0.499. The molecule has 1 atom stereocenters. The van der Waals surface area contributed by atoms with E-state index in [0.29, 0.717) is 17.9 Å². The third-order valence-electron chi connectivity index (χ3n) is 5.65. The van der Waals surface area contributed by atoms with Crippen molar-refractivity contribution in [3.05, 3.63) is 77.7 Å². The molecule has 4 rings (SSSR count). The SMILES string of the molecule is COc1ccc(CCN2C(=O)N(c3ccc(F)cc3)C(=O)C2CC(=O)Nc2ccc(C)nn2)cc1. The number of ether oxygens (including phenoxy) is 1. The van der Waals surface area contributed by atoms with Crippen molar-refractivity contribution in [1.29, 1.82) is 0 Å². The van der Waals surface area contributed by atoms with Gasteiger partial charge in [0.2, 0.25) is 5.91 Å². The van der Waals surface area contributed by atoms with Crippen LogP contribution in [0.25, 0.3) is 0 Å². The Bertz CT molecular complexity index is 1220. The summed E-state index contributed by atoms with van der Waals surface area (Å²) >= 11 is 0. The van der Waals surface area contributed by atoms with Crippen LogP contribution in [-0.4, -0.2) is 52.6 Å². The number of hydrogen-bond donors (Lipinski definition) is 1. The zero-order valence-corrected chi connectivity index (χ0v) is 19.3. The summed E-state index contributed by atoms with van der Waals surface area (Å²) in [5.41, 5.74) is 1.87. The summed E-state index contributed by atoms with van der Waals surface area (Å²) in [5, 5.41) is 10.4. The molecular weight excluding hydrogens is 453 g/mol. The number of methoxy groups -OCH3 is 1. The normalized spacial score (nSPS) is 15.5. The molecule has 1 aliphatic heterocycles. The molecule has 1 saturated heterocycles. The van der Waals surface area contributed by atoms with Crippen LogP contribution in [0.1, 0.15) is 17.7 Å². The van der Waals surface area contributed by atoms with Crippen LogP contribution in [0.3, 0.4) is 0 Å². The Morgan fingerprint density at radius 2 is 1.74 bits per heavy atom. The monoisotopic (exact) mass is 477 g/mol. The van der Waals surface area contributed by atoms with Gasteiger partial charge in [-0.2, -0.15) is 5.10 Å². The maximum atomic E-state index is 13.4. The Hall–Kier alpha value is -4.34. The average molecular weight is 477 g/mol. The third-order valence-corrected chi connectivity index (χ3v) is 5.65. The van der Waals surface area contributed by atoms with E-state index < -0.39 is 29.7 Å². The number of amides is 4. The fourth-order valence-electron chi connectivity index (χ4n) is 3.79. The van der Waals surface area contributed by atoms with Crippen LogP contribution in [0, 0.1) is 12.7 Å². The molecule has 0 saturated carbocycles. The van der Waals surface area contributed by atoms with E-state index in [0.717, 1.165) is 10.5 Å². The van der Waals surface area contributed by atoms with Crippen LogP contribution < -0.4 is 15.0 Å². The summed E-state index contributed by atoms with van der Waals surface area (Å²) in [5.74, 6) is -0.569. The van der Waals surface area contributed by atoms with E-state index in [-0.39, 0.29) is 24.5 Å². The first-order valence-corrected chi connectivity index (χ1v) is 11.0. The molecular formula is C25H24FN5O4. The molecule has 9 nitrogen and oxygen atoms in total. The van der Waals surface area contributed by atoms with Gasteiger partial charge in [-0.25, -0.2) is 14.1 Å². The summed E-state index contributed by atoms with van der Waals surface area (Å²) in [6, 6.07) is 14.1. The summed E-state index contributed by atoms with van der Waals surface area (Å²) in [6.45, 7) is 1.98. The van der Waals surface area contributed by atoms with Gasteiger partial charge in [-0.15, -0.1) is 5.10 Å². The van der Waals surface area contributed by atoms with Gasteiger partial charge >= 0.3 is 6.03 Å². The molecule has 1 fully saturated rings. The highest BCUT2D eigenvalue weighted by atomic mass is 19.1. The number of carbonyl (C=O) groups excluding carboxylic acids is 3. The highest BCUT2D eigenvalue weighted by Gasteiger charge is 2.46. The first-order chi connectivity index (χ1) is 16.9. The molecule has 1 aromatic heterocycles. The van der Waals surface area contributed by atoms with Crippen LogP contribution in [0.2, 0.25) is 0 Å². The number of carbonyl (C=O) groups is 3. The van der Waals surface area contributed by atoms with Gasteiger partial charge in [0.05, 0.1) is 24.9 Å². The first-order valence-electron chi connectivity index (χ1n) is 11.0. The van der Waals surface area contributed by atoms with E-state index in [1.54, 1.807) is 26.2 Å². The summed E-state index contributed by atoms with van der Waals surface area (Å²) < 4.78 is 18.6. The molecule has 4 amide bonds. The Kier molecular flexibility index (Phi) is 7.00. The molecule has 0 bridgehead atoms. The minimum atomic E-state index is -1.02. The maximum Gasteiger partial charge on any atom is 0.332 e. The van der Waals surface area contributed by atoms with Gasteiger partial charge in [0, 0.05) is 6.54 Å². The number of nitrogens with zero attached hydrogens (tertiary/aromatic N) is 4. The molecule has 0 radical (unpaired) electrons. The van der Waals surface area contributed by atoms with Crippen LogP contribution in [-0.2, 0) is 16.0 Å².